The van der Waals surface area contributed by atoms with E-state index in [1.54, 1.807) is 0 Å². The van der Waals surface area contributed by atoms with Crippen molar-refractivity contribution in [3.63, 3.8) is 0 Å². The van der Waals surface area contributed by atoms with Crippen molar-refractivity contribution in [1.82, 2.24) is 0 Å². The summed E-state index contributed by atoms with van der Waals surface area (Å²) in [6.07, 6.45) is 2.11. The van der Waals surface area contributed by atoms with Gasteiger partial charge in [0, 0.05) is 25.3 Å². The molecule has 2 heteroatoms. The predicted molar refractivity (Wildman–Crippen MR) is 72.1 cm³/mol. The van der Waals surface area contributed by atoms with Crippen LogP contribution in [-0.4, -0.2) is 19.6 Å². The molecular formula is C14H24N2. The summed E-state index contributed by atoms with van der Waals surface area (Å²) in [5.74, 6) is 0. The van der Waals surface area contributed by atoms with Crippen LogP contribution >= 0.6 is 0 Å². The first-order chi connectivity index (χ1) is 7.54. The van der Waals surface area contributed by atoms with E-state index < -0.39 is 0 Å². The van der Waals surface area contributed by atoms with E-state index in [2.05, 4.69) is 50.9 Å². The van der Waals surface area contributed by atoms with Gasteiger partial charge in [-0.15, -0.1) is 0 Å². The highest BCUT2D eigenvalue weighted by Gasteiger charge is 2.06. The molecule has 1 unspecified atom stereocenters. The fraction of sp³-hybridized carbons (Fsp3) is 0.571. The monoisotopic (exact) mass is 220 g/mol. The third-order valence-electron chi connectivity index (χ3n) is 3.12. The Kier molecular flexibility index (Phi) is 4.81. The molecule has 16 heavy (non-hydrogen) atoms. The second-order valence-electron chi connectivity index (χ2n) is 4.67. The van der Waals surface area contributed by atoms with Crippen LogP contribution in [0.1, 0.15) is 30.9 Å². The van der Waals surface area contributed by atoms with E-state index >= 15 is 0 Å². The van der Waals surface area contributed by atoms with Crippen LogP contribution in [0.2, 0.25) is 0 Å². The molecule has 0 heterocycles. The molecule has 0 saturated heterocycles. The zero-order valence-corrected chi connectivity index (χ0v) is 11.0. The number of benzene rings is 1. The van der Waals surface area contributed by atoms with Crippen molar-refractivity contribution in [3.8, 4) is 0 Å². The lowest BCUT2D eigenvalue weighted by Gasteiger charge is -2.23. The second kappa shape index (κ2) is 5.90. The average Bonchev–Trinajstić information content (AvgIpc) is 2.25. The van der Waals surface area contributed by atoms with Gasteiger partial charge >= 0.3 is 0 Å². The SMILES string of the molecule is CCC(N)CCN(C)c1ccc(C)cc1C. The first kappa shape index (κ1) is 13.0. The van der Waals surface area contributed by atoms with Gasteiger partial charge in [0.25, 0.3) is 0 Å². The fourth-order valence-corrected chi connectivity index (χ4v) is 1.92. The molecular weight excluding hydrogens is 196 g/mol. The van der Waals surface area contributed by atoms with Gasteiger partial charge in [-0.25, -0.2) is 0 Å². The average molecular weight is 220 g/mol. The lowest BCUT2D eigenvalue weighted by Crippen LogP contribution is -2.27. The van der Waals surface area contributed by atoms with Crippen LogP contribution in [0.4, 0.5) is 5.69 Å². The van der Waals surface area contributed by atoms with Gasteiger partial charge in [-0.3, -0.25) is 0 Å². The van der Waals surface area contributed by atoms with E-state index in [0.29, 0.717) is 6.04 Å². The van der Waals surface area contributed by atoms with E-state index in [-0.39, 0.29) is 0 Å². The van der Waals surface area contributed by atoms with Crippen LogP contribution < -0.4 is 10.6 Å². The summed E-state index contributed by atoms with van der Waals surface area (Å²) in [5.41, 5.74) is 9.91. The largest absolute Gasteiger partial charge is 0.374 e. The molecule has 1 rings (SSSR count). The molecule has 2 nitrogen and oxygen atoms in total. The first-order valence-corrected chi connectivity index (χ1v) is 6.08. The Bertz CT molecular complexity index is 334. The minimum Gasteiger partial charge on any atom is -0.374 e. The molecule has 0 amide bonds. The van der Waals surface area contributed by atoms with E-state index in [9.17, 15) is 0 Å². The number of aryl methyl sites for hydroxylation is 2. The summed E-state index contributed by atoms with van der Waals surface area (Å²) in [6.45, 7) is 7.46. The van der Waals surface area contributed by atoms with Gasteiger partial charge in [0.05, 0.1) is 0 Å². The zero-order valence-electron chi connectivity index (χ0n) is 11.0. The Labute approximate surface area is 99.5 Å². The molecule has 0 fully saturated rings. The third-order valence-corrected chi connectivity index (χ3v) is 3.12. The van der Waals surface area contributed by atoms with Crippen molar-refractivity contribution in [2.24, 2.45) is 5.73 Å². The van der Waals surface area contributed by atoms with Gasteiger partial charge in [0.2, 0.25) is 0 Å². The maximum Gasteiger partial charge on any atom is 0.0393 e. The Morgan fingerprint density at radius 2 is 2.00 bits per heavy atom. The molecule has 0 saturated carbocycles. The topological polar surface area (TPSA) is 29.3 Å². The van der Waals surface area contributed by atoms with Crippen molar-refractivity contribution in [2.75, 3.05) is 18.5 Å². The molecule has 2 N–H and O–H groups in total. The van der Waals surface area contributed by atoms with Gasteiger partial charge in [-0.05, 0) is 38.3 Å². The Morgan fingerprint density at radius 1 is 1.31 bits per heavy atom. The van der Waals surface area contributed by atoms with Crippen LogP contribution in [-0.2, 0) is 0 Å². The second-order valence-corrected chi connectivity index (χ2v) is 4.67. The summed E-state index contributed by atoms with van der Waals surface area (Å²) < 4.78 is 0. The highest BCUT2D eigenvalue weighted by molar-refractivity contribution is 5.53. The zero-order chi connectivity index (χ0) is 12.1. The quantitative estimate of drug-likeness (QED) is 0.826. The third kappa shape index (κ3) is 3.53. The van der Waals surface area contributed by atoms with Crippen molar-refractivity contribution >= 4 is 5.69 Å². The molecule has 1 aromatic carbocycles. The van der Waals surface area contributed by atoms with Crippen LogP contribution in [0, 0.1) is 13.8 Å². The Hall–Kier alpha value is -1.02. The van der Waals surface area contributed by atoms with E-state index in [1.807, 2.05) is 0 Å². The van der Waals surface area contributed by atoms with E-state index in [4.69, 9.17) is 5.73 Å². The molecule has 0 aliphatic rings. The minimum atomic E-state index is 0.327. The van der Waals surface area contributed by atoms with E-state index in [0.717, 1.165) is 19.4 Å². The molecule has 1 atom stereocenters. The molecule has 1 aromatic rings. The molecule has 0 spiro atoms. The van der Waals surface area contributed by atoms with Crippen LogP contribution in [0.25, 0.3) is 0 Å². The number of rotatable bonds is 5. The maximum atomic E-state index is 5.93. The van der Waals surface area contributed by atoms with E-state index in [1.165, 1.54) is 16.8 Å². The van der Waals surface area contributed by atoms with Crippen molar-refractivity contribution in [2.45, 2.75) is 39.7 Å². The van der Waals surface area contributed by atoms with Crippen molar-refractivity contribution in [3.05, 3.63) is 29.3 Å². The summed E-state index contributed by atoms with van der Waals surface area (Å²) in [6, 6.07) is 6.92. The lowest BCUT2D eigenvalue weighted by atomic mass is 10.1. The van der Waals surface area contributed by atoms with Gasteiger partial charge in [-0.2, -0.15) is 0 Å². The number of hydrogen-bond acceptors (Lipinski definition) is 2. The maximum absolute atomic E-state index is 5.93. The standard InChI is InChI=1S/C14H24N2/c1-5-13(15)8-9-16(4)14-7-6-11(2)10-12(14)3/h6-7,10,13H,5,8-9,15H2,1-4H3. The molecule has 0 aromatic heterocycles. The van der Waals surface area contributed by atoms with Crippen LogP contribution in [0.15, 0.2) is 18.2 Å². The van der Waals surface area contributed by atoms with Crippen LogP contribution in [0.3, 0.4) is 0 Å². The van der Waals surface area contributed by atoms with Crippen LogP contribution in [0.5, 0.6) is 0 Å². The highest BCUT2D eigenvalue weighted by Crippen LogP contribution is 2.20. The molecule has 90 valence electrons. The minimum absolute atomic E-state index is 0.327. The Balaban J connectivity index is 2.62. The van der Waals surface area contributed by atoms with Gasteiger partial charge in [-0.1, -0.05) is 24.6 Å². The molecule has 0 aliphatic carbocycles. The Morgan fingerprint density at radius 3 is 2.56 bits per heavy atom. The molecule has 0 aliphatic heterocycles. The van der Waals surface area contributed by atoms with Gasteiger partial charge in [0.1, 0.15) is 0 Å². The first-order valence-electron chi connectivity index (χ1n) is 6.08. The van der Waals surface area contributed by atoms with Gasteiger partial charge < -0.3 is 10.6 Å². The number of anilines is 1. The highest BCUT2D eigenvalue weighted by atomic mass is 15.1. The predicted octanol–water partition coefficient (Wildman–Crippen LogP) is 2.87. The summed E-state index contributed by atoms with van der Waals surface area (Å²) in [5, 5.41) is 0. The smallest absolute Gasteiger partial charge is 0.0393 e. The lowest BCUT2D eigenvalue weighted by molar-refractivity contribution is 0.594. The number of hydrogen-bond donors (Lipinski definition) is 1. The van der Waals surface area contributed by atoms with Gasteiger partial charge in [0.15, 0.2) is 0 Å². The number of nitrogens with two attached hydrogens (primary N) is 1. The number of nitrogens with zero attached hydrogens (tertiary/aromatic N) is 1. The summed E-state index contributed by atoms with van der Waals surface area (Å²) in [7, 11) is 2.14. The molecule has 0 radical (unpaired) electrons. The molecule has 0 bridgehead atoms. The van der Waals surface area contributed by atoms with Crippen molar-refractivity contribution in [1.29, 1.82) is 0 Å². The summed E-state index contributed by atoms with van der Waals surface area (Å²) >= 11 is 0. The van der Waals surface area contributed by atoms with Crippen molar-refractivity contribution < 1.29 is 0 Å². The fourth-order valence-electron chi connectivity index (χ4n) is 1.92. The summed E-state index contributed by atoms with van der Waals surface area (Å²) in [4.78, 5) is 2.30. The normalized spacial score (nSPS) is 12.6.